The van der Waals surface area contributed by atoms with E-state index < -0.39 is 0 Å². The predicted molar refractivity (Wildman–Crippen MR) is 72.3 cm³/mol. The second kappa shape index (κ2) is 5.49. The van der Waals surface area contributed by atoms with Crippen molar-refractivity contribution in [3.63, 3.8) is 0 Å². The van der Waals surface area contributed by atoms with Crippen LogP contribution in [0.2, 0.25) is 0 Å². The molecule has 0 saturated carbocycles. The molecule has 104 valence electrons. The number of rotatable bonds is 5. The molecule has 2 N–H and O–H groups in total. The highest BCUT2D eigenvalue weighted by molar-refractivity contribution is 5.38. The average molecular weight is 263 g/mol. The lowest BCUT2D eigenvalue weighted by molar-refractivity contribution is -0.134. The molecule has 4 nitrogen and oxygen atoms in total. The molecule has 1 aromatic carbocycles. The van der Waals surface area contributed by atoms with Gasteiger partial charge in [-0.2, -0.15) is 0 Å². The van der Waals surface area contributed by atoms with Crippen molar-refractivity contribution in [3.8, 4) is 5.75 Å². The first-order valence-corrected chi connectivity index (χ1v) is 6.95. The SMILES string of the molecule is OCC1(CNCc2ccc3c(c2)CCCO3)COC1. The van der Waals surface area contributed by atoms with Crippen LogP contribution in [0.3, 0.4) is 0 Å². The van der Waals surface area contributed by atoms with Gasteiger partial charge in [0.2, 0.25) is 0 Å². The van der Waals surface area contributed by atoms with E-state index in [2.05, 4.69) is 23.5 Å². The molecule has 0 aliphatic carbocycles. The lowest BCUT2D eigenvalue weighted by Crippen LogP contribution is -2.52. The summed E-state index contributed by atoms with van der Waals surface area (Å²) < 4.78 is 10.8. The van der Waals surface area contributed by atoms with Gasteiger partial charge in [0.05, 0.1) is 31.8 Å². The quantitative estimate of drug-likeness (QED) is 0.835. The van der Waals surface area contributed by atoms with Crippen LogP contribution in [0.5, 0.6) is 5.75 Å². The Hall–Kier alpha value is -1.10. The topological polar surface area (TPSA) is 50.7 Å². The standard InChI is InChI=1S/C15H21NO3/c17-9-15(10-18-11-15)8-16-7-12-3-4-14-13(6-12)2-1-5-19-14/h3-4,6,16-17H,1-2,5,7-11H2. The van der Waals surface area contributed by atoms with Crippen molar-refractivity contribution in [3.05, 3.63) is 29.3 Å². The van der Waals surface area contributed by atoms with E-state index in [0.29, 0.717) is 13.2 Å². The minimum atomic E-state index is -0.0582. The van der Waals surface area contributed by atoms with Gasteiger partial charge in [-0.3, -0.25) is 0 Å². The fourth-order valence-electron chi connectivity index (χ4n) is 2.64. The Labute approximate surface area is 113 Å². The molecule has 0 radical (unpaired) electrons. The molecule has 2 aliphatic heterocycles. The van der Waals surface area contributed by atoms with Gasteiger partial charge in [-0.25, -0.2) is 0 Å². The molecule has 2 heterocycles. The Balaban J connectivity index is 1.55. The summed E-state index contributed by atoms with van der Waals surface area (Å²) in [7, 11) is 0. The minimum absolute atomic E-state index is 0.0582. The van der Waals surface area contributed by atoms with Gasteiger partial charge in [0.1, 0.15) is 5.75 Å². The lowest BCUT2D eigenvalue weighted by Gasteiger charge is -2.40. The summed E-state index contributed by atoms with van der Waals surface area (Å²) in [6.45, 7) is 3.98. The smallest absolute Gasteiger partial charge is 0.122 e. The number of aryl methyl sites for hydroxylation is 1. The summed E-state index contributed by atoms with van der Waals surface area (Å²) in [6.07, 6.45) is 2.21. The van der Waals surface area contributed by atoms with Gasteiger partial charge >= 0.3 is 0 Å². The third-order valence-corrected chi connectivity index (χ3v) is 3.95. The van der Waals surface area contributed by atoms with Crippen LogP contribution in [0, 0.1) is 5.41 Å². The number of ether oxygens (including phenoxy) is 2. The van der Waals surface area contributed by atoms with Crippen molar-refractivity contribution >= 4 is 0 Å². The number of aliphatic hydroxyl groups excluding tert-OH is 1. The van der Waals surface area contributed by atoms with E-state index in [0.717, 1.165) is 38.3 Å². The normalized spacial score (nSPS) is 20.3. The highest BCUT2D eigenvalue weighted by atomic mass is 16.5. The van der Waals surface area contributed by atoms with Crippen LogP contribution in [0.25, 0.3) is 0 Å². The van der Waals surface area contributed by atoms with Crippen LogP contribution in [-0.2, 0) is 17.7 Å². The lowest BCUT2D eigenvalue weighted by atomic mass is 9.87. The van der Waals surface area contributed by atoms with Gasteiger partial charge < -0.3 is 19.9 Å². The zero-order chi connectivity index (χ0) is 13.1. The molecular weight excluding hydrogens is 242 g/mol. The van der Waals surface area contributed by atoms with Crippen molar-refractivity contribution in [2.75, 3.05) is 33.0 Å². The number of hydrogen-bond acceptors (Lipinski definition) is 4. The average Bonchev–Trinajstić information content (AvgIpc) is 2.42. The number of fused-ring (bicyclic) bond motifs is 1. The van der Waals surface area contributed by atoms with Gasteiger partial charge in [0.15, 0.2) is 0 Å². The zero-order valence-electron chi connectivity index (χ0n) is 11.2. The van der Waals surface area contributed by atoms with Crippen LogP contribution in [0.4, 0.5) is 0 Å². The third kappa shape index (κ3) is 2.76. The van der Waals surface area contributed by atoms with E-state index in [-0.39, 0.29) is 12.0 Å². The number of nitrogens with one attached hydrogen (secondary N) is 1. The van der Waals surface area contributed by atoms with Crippen LogP contribution in [-0.4, -0.2) is 38.1 Å². The van der Waals surface area contributed by atoms with Crippen LogP contribution < -0.4 is 10.1 Å². The zero-order valence-corrected chi connectivity index (χ0v) is 11.2. The third-order valence-electron chi connectivity index (χ3n) is 3.95. The largest absolute Gasteiger partial charge is 0.493 e. The Morgan fingerprint density at radius 2 is 2.21 bits per heavy atom. The summed E-state index contributed by atoms with van der Waals surface area (Å²) in [5.74, 6) is 1.04. The first-order valence-electron chi connectivity index (χ1n) is 6.95. The second-order valence-corrected chi connectivity index (χ2v) is 5.65. The molecule has 0 amide bonds. The summed E-state index contributed by atoms with van der Waals surface area (Å²) >= 11 is 0. The summed E-state index contributed by atoms with van der Waals surface area (Å²) in [4.78, 5) is 0. The molecule has 1 aromatic rings. The predicted octanol–water partition coefficient (Wildman–Crippen LogP) is 1.11. The molecule has 1 fully saturated rings. The van der Waals surface area contributed by atoms with Gasteiger partial charge in [0, 0.05) is 13.1 Å². The first kappa shape index (κ1) is 12.9. The van der Waals surface area contributed by atoms with Crippen molar-refractivity contribution < 1.29 is 14.6 Å². The Kier molecular flexibility index (Phi) is 3.73. The molecular formula is C15H21NO3. The Morgan fingerprint density at radius 1 is 1.32 bits per heavy atom. The molecule has 3 rings (SSSR count). The van der Waals surface area contributed by atoms with Gasteiger partial charge in [-0.1, -0.05) is 12.1 Å². The molecule has 0 atom stereocenters. The molecule has 1 saturated heterocycles. The fraction of sp³-hybridized carbons (Fsp3) is 0.600. The Morgan fingerprint density at radius 3 is 2.95 bits per heavy atom. The monoisotopic (exact) mass is 263 g/mol. The van der Waals surface area contributed by atoms with E-state index in [1.165, 1.54) is 11.1 Å². The summed E-state index contributed by atoms with van der Waals surface area (Å²) in [5, 5.41) is 12.8. The van der Waals surface area contributed by atoms with Crippen LogP contribution in [0.1, 0.15) is 17.5 Å². The maximum atomic E-state index is 9.36. The number of hydrogen-bond donors (Lipinski definition) is 2. The van der Waals surface area contributed by atoms with Gasteiger partial charge in [0.25, 0.3) is 0 Å². The van der Waals surface area contributed by atoms with E-state index in [4.69, 9.17) is 9.47 Å². The molecule has 0 aromatic heterocycles. The second-order valence-electron chi connectivity index (χ2n) is 5.65. The van der Waals surface area contributed by atoms with Crippen molar-refractivity contribution in [2.24, 2.45) is 5.41 Å². The van der Waals surface area contributed by atoms with Crippen LogP contribution in [0.15, 0.2) is 18.2 Å². The Bertz CT molecular complexity index is 438. The highest BCUT2D eigenvalue weighted by Crippen LogP contribution is 2.27. The molecule has 0 unspecified atom stereocenters. The van der Waals surface area contributed by atoms with E-state index >= 15 is 0 Å². The van der Waals surface area contributed by atoms with Gasteiger partial charge in [-0.05, 0) is 30.0 Å². The van der Waals surface area contributed by atoms with Crippen molar-refractivity contribution in [2.45, 2.75) is 19.4 Å². The molecule has 4 heteroatoms. The van der Waals surface area contributed by atoms with E-state index in [1.54, 1.807) is 0 Å². The van der Waals surface area contributed by atoms with Crippen LogP contribution >= 0.6 is 0 Å². The molecule has 19 heavy (non-hydrogen) atoms. The molecule has 2 aliphatic rings. The van der Waals surface area contributed by atoms with Crippen molar-refractivity contribution in [1.82, 2.24) is 5.32 Å². The van der Waals surface area contributed by atoms with E-state index in [1.807, 2.05) is 0 Å². The summed E-state index contributed by atoms with van der Waals surface area (Å²) in [6, 6.07) is 6.41. The summed E-state index contributed by atoms with van der Waals surface area (Å²) in [5.41, 5.74) is 2.53. The maximum absolute atomic E-state index is 9.36. The first-order chi connectivity index (χ1) is 9.31. The maximum Gasteiger partial charge on any atom is 0.122 e. The van der Waals surface area contributed by atoms with E-state index in [9.17, 15) is 5.11 Å². The van der Waals surface area contributed by atoms with Crippen molar-refractivity contribution in [1.29, 1.82) is 0 Å². The fourth-order valence-corrected chi connectivity index (χ4v) is 2.64. The molecule has 0 bridgehead atoms. The highest BCUT2D eigenvalue weighted by Gasteiger charge is 2.37. The number of aliphatic hydroxyl groups is 1. The van der Waals surface area contributed by atoms with Gasteiger partial charge in [-0.15, -0.1) is 0 Å². The minimum Gasteiger partial charge on any atom is -0.493 e. The number of benzene rings is 1. The molecule has 0 spiro atoms.